The molecule has 238 valence electrons. The highest BCUT2D eigenvalue weighted by Crippen LogP contribution is 2.55. The van der Waals surface area contributed by atoms with Crippen LogP contribution in [0.1, 0.15) is 97.5 Å². The van der Waals surface area contributed by atoms with Gasteiger partial charge < -0.3 is 19.5 Å². The summed E-state index contributed by atoms with van der Waals surface area (Å²) in [6.07, 6.45) is 11.7. The first-order valence-corrected chi connectivity index (χ1v) is 16.5. The summed E-state index contributed by atoms with van der Waals surface area (Å²) in [5.41, 5.74) is 1.57. The van der Waals surface area contributed by atoms with Gasteiger partial charge in [-0.1, -0.05) is 63.4 Å². The molecule has 2 aliphatic carbocycles. The molecule has 7 rings (SSSR count). The van der Waals surface area contributed by atoms with E-state index in [1.54, 1.807) is 17.1 Å². The molecule has 45 heavy (non-hydrogen) atoms. The zero-order chi connectivity index (χ0) is 31.3. The van der Waals surface area contributed by atoms with E-state index in [9.17, 15) is 14.4 Å². The number of nitrogens with zero attached hydrogens (tertiary/aromatic N) is 5. The maximum absolute atomic E-state index is 13.8. The maximum atomic E-state index is 13.8. The van der Waals surface area contributed by atoms with E-state index in [1.165, 1.54) is 25.5 Å². The fourth-order valence-electron chi connectivity index (χ4n) is 7.86. The van der Waals surface area contributed by atoms with Crippen LogP contribution in [0, 0.1) is 22.7 Å². The van der Waals surface area contributed by atoms with E-state index >= 15 is 0 Å². The van der Waals surface area contributed by atoms with Gasteiger partial charge in [-0.3, -0.25) is 19.1 Å². The molecule has 1 N–H and O–H groups in total. The number of likely N-dealkylation sites (tertiary alicyclic amines) is 2. The van der Waals surface area contributed by atoms with Gasteiger partial charge in [-0.15, -0.1) is 0 Å². The predicted molar refractivity (Wildman–Crippen MR) is 167 cm³/mol. The third-order valence-electron chi connectivity index (χ3n) is 10.9. The molecule has 1 unspecified atom stereocenters. The molecule has 1 spiro atoms. The van der Waals surface area contributed by atoms with Crippen LogP contribution in [0.4, 0.5) is 0 Å². The minimum absolute atomic E-state index is 0.0520. The third kappa shape index (κ3) is 5.79. The standard InChI is InChI=1S/C35H44N6O4/c1-23(25-12-8-5-9-13-25)37-30(42)29-19-45-31(38-29)28-18-39(20-35(28)21-40(22-35)33(44)27-14-34(27,2)3)32(43)26-15-36-41(17-26)16-24-10-6-4-7-11-24/h4,6-7,10-11,15,17,19,23,25,27-28H,5,8-9,12-14,16,18,20-22H2,1-3H3,(H,37,42)/t23-,27+,28?/m0/s1. The van der Waals surface area contributed by atoms with Gasteiger partial charge in [0.15, 0.2) is 11.6 Å². The second-order valence-electron chi connectivity index (χ2n) is 14.7. The Bertz CT molecular complexity index is 1570. The first-order chi connectivity index (χ1) is 21.6. The number of nitrogens with one attached hydrogen (secondary N) is 1. The van der Waals surface area contributed by atoms with Crippen LogP contribution in [-0.4, -0.2) is 74.5 Å². The van der Waals surface area contributed by atoms with Crippen molar-refractivity contribution in [1.82, 2.24) is 29.9 Å². The highest BCUT2D eigenvalue weighted by Gasteiger charge is 2.61. The Morgan fingerprint density at radius 2 is 1.76 bits per heavy atom. The van der Waals surface area contributed by atoms with Crippen LogP contribution in [0.5, 0.6) is 0 Å². The van der Waals surface area contributed by atoms with Crippen LogP contribution < -0.4 is 5.32 Å². The van der Waals surface area contributed by atoms with Crippen molar-refractivity contribution in [1.29, 1.82) is 0 Å². The predicted octanol–water partition coefficient (Wildman–Crippen LogP) is 4.73. The number of aromatic nitrogens is 3. The molecule has 3 amide bonds. The molecule has 0 bridgehead atoms. The summed E-state index contributed by atoms with van der Waals surface area (Å²) >= 11 is 0. The SMILES string of the molecule is C[C@H](NC(=O)c1coc(C2CN(C(=O)c3cnn(Cc4ccccc4)c3)CC23CN(C(=O)[C@H]2CC2(C)C)C3)n1)C1CCCCC1. The fourth-order valence-corrected chi connectivity index (χ4v) is 7.86. The van der Waals surface area contributed by atoms with E-state index in [1.807, 2.05) is 40.1 Å². The molecule has 2 aromatic heterocycles. The van der Waals surface area contributed by atoms with E-state index in [0.29, 0.717) is 50.1 Å². The van der Waals surface area contributed by atoms with E-state index in [-0.39, 0.29) is 52.1 Å². The van der Waals surface area contributed by atoms with Gasteiger partial charge in [0.25, 0.3) is 11.8 Å². The monoisotopic (exact) mass is 612 g/mol. The van der Waals surface area contributed by atoms with Crippen LogP contribution in [0.3, 0.4) is 0 Å². The summed E-state index contributed by atoms with van der Waals surface area (Å²) in [5.74, 6) is 0.643. The van der Waals surface area contributed by atoms with Crippen LogP contribution >= 0.6 is 0 Å². The molecule has 3 aromatic rings. The molecule has 1 aromatic carbocycles. The minimum atomic E-state index is -0.377. The van der Waals surface area contributed by atoms with Gasteiger partial charge in [-0.25, -0.2) is 4.98 Å². The number of rotatable bonds is 8. The van der Waals surface area contributed by atoms with Crippen LogP contribution in [0.2, 0.25) is 0 Å². The molecule has 3 atom stereocenters. The van der Waals surface area contributed by atoms with Crippen molar-refractivity contribution < 1.29 is 18.8 Å². The smallest absolute Gasteiger partial charge is 0.273 e. The van der Waals surface area contributed by atoms with Gasteiger partial charge >= 0.3 is 0 Å². The first kappa shape index (κ1) is 29.7. The van der Waals surface area contributed by atoms with E-state index in [4.69, 9.17) is 4.42 Å². The Morgan fingerprint density at radius 3 is 2.47 bits per heavy atom. The molecule has 0 radical (unpaired) electrons. The molecule has 2 saturated heterocycles. The molecule has 2 aliphatic heterocycles. The van der Waals surface area contributed by atoms with Crippen molar-refractivity contribution in [2.45, 2.75) is 77.8 Å². The molecular weight excluding hydrogens is 568 g/mol. The molecule has 4 heterocycles. The topological polar surface area (TPSA) is 114 Å². The zero-order valence-electron chi connectivity index (χ0n) is 26.6. The van der Waals surface area contributed by atoms with Gasteiger partial charge in [0.2, 0.25) is 5.91 Å². The Morgan fingerprint density at radius 1 is 1.04 bits per heavy atom. The number of oxazole rings is 1. The lowest BCUT2D eigenvalue weighted by Crippen LogP contribution is -2.62. The minimum Gasteiger partial charge on any atom is -0.448 e. The van der Waals surface area contributed by atoms with Gasteiger partial charge in [0, 0.05) is 49.8 Å². The number of carbonyl (C=O) groups is 3. The van der Waals surface area contributed by atoms with E-state index in [2.05, 4.69) is 36.2 Å². The van der Waals surface area contributed by atoms with Gasteiger partial charge in [-0.2, -0.15) is 5.10 Å². The molecule has 2 saturated carbocycles. The van der Waals surface area contributed by atoms with Crippen molar-refractivity contribution >= 4 is 17.7 Å². The number of benzene rings is 1. The number of amides is 3. The van der Waals surface area contributed by atoms with Crippen molar-refractivity contribution in [3.63, 3.8) is 0 Å². The quantitative estimate of drug-likeness (QED) is 0.394. The summed E-state index contributed by atoms with van der Waals surface area (Å²) < 4.78 is 7.77. The molecular formula is C35H44N6O4. The van der Waals surface area contributed by atoms with Crippen molar-refractivity contribution in [2.24, 2.45) is 22.7 Å². The number of hydrogen-bond acceptors (Lipinski definition) is 6. The Hall–Kier alpha value is -3.95. The number of carbonyl (C=O) groups excluding carboxylic acids is 3. The van der Waals surface area contributed by atoms with Gasteiger partial charge in [0.1, 0.15) is 6.26 Å². The van der Waals surface area contributed by atoms with Gasteiger partial charge in [0.05, 0.1) is 24.2 Å². The van der Waals surface area contributed by atoms with E-state index in [0.717, 1.165) is 24.8 Å². The summed E-state index contributed by atoms with van der Waals surface area (Å²) in [7, 11) is 0. The summed E-state index contributed by atoms with van der Waals surface area (Å²) in [6, 6.07) is 10.1. The molecule has 10 heteroatoms. The number of hydrogen-bond donors (Lipinski definition) is 1. The Labute approximate surface area is 264 Å². The Balaban J connectivity index is 1.07. The van der Waals surface area contributed by atoms with E-state index < -0.39 is 0 Å². The average molecular weight is 613 g/mol. The molecule has 4 aliphatic rings. The van der Waals surface area contributed by atoms with Gasteiger partial charge in [-0.05, 0) is 43.1 Å². The maximum Gasteiger partial charge on any atom is 0.273 e. The lowest BCUT2D eigenvalue weighted by atomic mass is 9.71. The first-order valence-electron chi connectivity index (χ1n) is 16.5. The van der Waals surface area contributed by atoms with Crippen molar-refractivity contribution in [2.75, 3.05) is 26.2 Å². The average Bonchev–Trinajstić information content (AvgIpc) is 3.50. The zero-order valence-corrected chi connectivity index (χ0v) is 26.6. The van der Waals surface area contributed by atoms with Crippen LogP contribution in [0.25, 0.3) is 0 Å². The summed E-state index contributed by atoms with van der Waals surface area (Å²) in [6.45, 7) is 8.90. The Kier molecular flexibility index (Phi) is 7.56. The second-order valence-corrected chi connectivity index (χ2v) is 14.7. The largest absolute Gasteiger partial charge is 0.448 e. The lowest BCUT2D eigenvalue weighted by Gasteiger charge is -2.50. The third-order valence-corrected chi connectivity index (χ3v) is 10.9. The summed E-state index contributed by atoms with van der Waals surface area (Å²) in [5, 5.41) is 7.60. The molecule has 10 nitrogen and oxygen atoms in total. The van der Waals surface area contributed by atoms with Crippen molar-refractivity contribution in [3.8, 4) is 0 Å². The molecule has 4 fully saturated rings. The van der Waals surface area contributed by atoms with Crippen LogP contribution in [-0.2, 0) is 11.3 Å². The van der Waals surface area contributed by atoms with Crippen LogP contribution in [0.15, 0.2) is 53.4 Å². The highest BCUT2D eigenvalue weighted by atomic mass is 16.3. The van der Waals surface area contributed by atoms with Crippen molar-refractivity contribution in [3.05, 3.63) is 71.7 Å². The normalized spacial score (nSPS) is 24.3. The highest BCUT2D eigenvalue weighted by molar-refractivity contribution is 5.94. The fraction of sp³-hybridized carbons (Fsp3) is 0.571. The summed E-state index contributed by atoms with van der Waals surface area (Å²) in [4.78, 5) is 48.7. The second kappa shape index (κ2) is 11.4. The lowest BCUT2D eigenvalue weighted by molar-refractivity contribution is -0.146.